The van der Waals surface area contributed by atoms with Gasteiger partial charge in [0.05, 0.1) is 0 Å². The molecule has 0 spiro atoms. The Morgan fingerprint density at radius 2 is 1.95 bits per heavy atom. The third kappa shape index (κ3) is 3.30. The Labute approximate surface area is 117 Å². The van der Waals surface area contributed by atoms with Gasteiger partial charge in [-0.15, -0.1) is 11.3 Å². The molecule has 0 atom stereocenters. The van der Waals surface area contributed by atoms with E-state index in [2.05, 4.69) is 37.7 Å². The number of hydrogen-bond acceptors (Lipinski definition) is 5. The zero-order valence-electron chi connectivity index (χ0n) is 10.9. The van der Waals surface area contributed by atoms with Crippen LogP contribution in [-0.4, -0.2) is 23.1 Å². The van der Waals surface area contributed by atoms with Crippen molar-refractivity contribution in [2.24, 2.45) is 0 Å². The average Bonchev–Trinajstić information content (AvgIpc) is 3.13. The molecule has 19 heavy (non-hydrogen) atoms. The summed E-state index contributed by atoms with van der Waals surface area (Å²) in [7, 11) is 0. The lowest BCUT2D eigenvalue weighted by molar-refractivity contribution is 0.695. The molecule has 0 bridgehead atoms. The van der Waals surface area contributed by atoms with Crippen molar-refractivity contribution in [2.75, 3.05) is 18.0 Å². The molecule has 0 aliphatic carbocycles. The van der Waals surface area contributed by atoms with Crippen LogP contribution in [0.2, 0.25) is 0 Å². The molecule has 3 heterocycles. The van der Waals surface area contributed by atoms with Crippen molar-refractivity contribution in [2.45, 2.75) is 25.9 Å². The second kappa shape index (κ2) is 6.12. The molecule has 1 saturated heterocycles. The fraction of sp³-hybridized carbons (Fsp3) is 0.429. The maximum Gasteiger partial charge on any atom is 0.225 e. The number of rotatable bonds is 5. The lowest BCUT2D eigenvalue weighted by Crippen LogP contribution is -2.20. The summed E-state index contributed by atoms with van der Waals surface area (Å²) in [6.07, 6.45) is 6.38. The molecule has 100 valence electrons. The normalized spacial score (nSPS) is 15.1. The van der Waals surface area contributed by atoms with Gasteiger partial charge in [-0.1, -0.05) is 6.07 Å². The lowest BCUT2D eigenvalue weighted by atomic mass is 10.3. The first-order valence-corrected chi connectivity index (χ1v) is 7.59. The Morgan fingerprint density at radius 1 is 1.16 bits per heavy atom. The highest BCUT2D eigenvalue weighted by Crippen LogP contribution is 2.14. The quantitative estimate of drug-likeness (QED) is 0.909. The largest absolute Gasteiger partial charge is 0.341 e. The summed E-state index contributed by atoms with van der Waals surface area (Å²) in [6.45, 7) is 3.91. The Bertz CT molecular complexity index is 489. The Balaban J connectivity index is 1.51. The predicted molar refractivity (Wildman–Crippen MR) is 78.3 cm³/mol. The van der Waals surface area contributed by atoms with Crippen LogP contribution in [0.15, 0.2) is 29.9 Å². The summed E-state index contributed by atoms with van der Waals surface area (Å²) in [5.41, 5.74) is 1.14. The van der Waals surface area contributed by atoms with Crippen LogP contribution >= 0.6 is 11.3 Å². The van der Waals surface area contributed by atoms with Gasteiger partial charge in [0.1, 0.15) is 0 Å². The third-order valence-corrected chi connectivity index (χ3v) is 4.17. The number of hydrogen-bond donors (Lipinski definition) is 1. The van der Waals surface area contributed by atoms with Gasteiger partial charge in [0, 0.05) is 49.0 Å². The average molecular weight is 274 g/mol. The highest BCUT2D eigenvalue weighted by Gasteiger charge is 2.14. The molecule has 1 fully saturated rings. The summed E-state index contributed by atoms with van der Waals surface area (Å²) in [5, 5.41) is 5.51. The molecule has 0 saturated carbocycles. The minimum absolute atomic E-state index is 0.818. The third-order valence-electron chi connectivity index (χ3n) is 3.29. The maximum absolute atomic E-state index is 4.45. The molecule has 2 aromatic rings. The van der Waals surface area contributed by atoms with Gasteiger partial charge in [-0.25, -0.2) is 9.97 Å². The van der Waals surface area contributed by atoms with Crippen LogP contribution in [-0.2, 0) is 13.1 Å². The molecule has 1 aliphatic rings. The van der Waals surface area contributed by atoms with Gasteiger partial charge in [0.2, 0.25) is 5.95 Å². The van der Waals surface area contributed by atoms with E-state index in [0.717, 1.165) is 37.7 Å². The Morgan fingerprint density at radius 3 is 2.63 bits per heavy atom. The van der Waals surface area contributed by atoms with Crippen molar-refractivity contribution in [3.05, 3.63) is 40.3 Å². The molecular weight excluding hydrogens is 256 g/mol. The fourth-order valence-corrected chi connectivity index (χ4v) is 2.94. The molecule has 0 amide bonds. The van der Waals surface area contributed by atoms with Crippen LogP contribution in [0, 0.1) is 0 Å². The summed E-state index contributed by atoms with van der Waals surface area (Å²) < 4.78 is 0. The first-order chi connectivity index (χ1) is 9.42. The zero-order chi connectivity index (χ0) is 12.9. The molecule has 0 aromatic carbocycles. The van der Waals surface area contributed by atoms with Crippen LogP contribution in [0.1, 0.15) is 23.3 Å². The van der Waals surface area contributed by atoms with E-state index in [1.165, 1.54) is 17.7 Å². The number of nitrogens with one attached hydrogen (secondary N) is 1. The number of thiophene rings is 1. The molecule has 1 aliphatic heterocycles. The van der Waals surface area contributed by atoms with Crippen LogP contribution in [0.5, 0.6) is 0 Å². The second-order valence-electron chi connectivity index (χ2n) is 4.77. The van der Waals surface area contributed by atoms with Gasteiger partial charge in [-0.3, -0.25) is 0 Å². The molecule has 4 nitrogen and oxygen atoms in total. The molecule has 2 aromatic heterocycles. The fourth-order valence-electron chi connectivity index (χ4n) is 2.26. The van der Waals surface area contributed by atoms with Crippen molar-refractivity contribution in [3.8, 4) is 0 Å². The molecule has 0 unspecified atom stereocenters. The van der Waals surface area contributed by atoms with E-state index in [-0.39, 0.29) is 0 Å². The van der Waals surface area contributed by atoms with Gasteiger partial charge in [0.15, 0.2) is 0 Å². The minimum atomic E-state index is 0.818. The topological polar surface area (TPSA) is 41.1 Å². The van der Waals surface area contributed by atoms with E-state index in [1.807, 2.05) is 12.4 Å². The predicted octanol–water partition coefficient (Wildman–Crippen LogP) is 2.43. The van der Waals surface area contributed by atoms with Crippen molar-refractivity contribution in [3.63, 3.8) is 0 Å². The van der Waals surface area contributed by atoms with Crippen molar-refractivity contribution in [1.82, 2.24) is 15.3 Å². The minimum Gasteiger partial charge on any atom is -0.341 e. The van der Waals surface area contributed by atoms with Crippen LogP contribution in [0.25, 0.3) is 0 Å². The Hall–Kier alpha value is -1.46. The molecule has 1 N–H and O–H groups in total. The smallest absolute Gasteiger partial charge is 0.225 e. The monoisotopic (exact) mass is 274 g/mol. The van der Waals surface area contributed by atoms with Gasteiger partial charge in [-0.2, -0.15) is 0 Å². The van der Waals surface area contributed by atoms with E-state index in [9.17, 15) is 0 Å². The van der Waals surface area contributed by atoms with Crippen LogP contribution < -0.4 is 10.2 Å². The maximum atomic E-state index is 4.45. The van der Waals surface area contributed by atoms with E-state index in [0.29, 0.717) is 0 Å². The molecule has 3 rings (SSSR count). The molecule has 0 radical (unpaired) electrons. The lowest BCUT2D eigenvalue weighted by Gasteiger charge is -2.14. The van der Waals surface area contributed by atoms with Gasteiger partial charge < -0.3 is 10.2 Å². The van der Waals surface area contributed by atoms with Gasteiger partial charge in [0.25, 0.3) is 0 Å². The standard InChI is InChI=1S/C14H18N4S/c1-2-6-18(5-1)14-16-9-12(10-17-14)8-15-11-13-4-3-7-19-13/h3-4,7,9-10,15H,1-2,5-6,8,11H2. The Kier molecular flexibility index (Phi) is 4.05. The summed E-state index contributed by atoms with van der Waals surface area (Å²) >= 11 is 1.78. The van der Waals surface area contributed by atoms with Crippen molar-refractivity contribution in [1.29, 1.82) is 0 Å². The first-order valence-electron chi connectivity index (χ1n) is 6.71. The number of aromatic nitrogens is 2. The van der Waals surface area contributed by atoms with Crippen LogP contribution in [0.3, 0.4) is 0 Å². The molecule has 5 heteroatoms. The molecular formula is C14H18N4S. The van der Waals surface area contributed by atoms with Gasteiger partial charge >= 0.3 is 0 Å². The van der Waals surface area contributed by atoms with Crippen LogP contribution in [0.4, 0.5) is 5.95 Å². The number of anilines is 1. The first kappa shape index (κ1) is 12.6. The SMILES string of the molecule is c1csc(CNCc2cnc(N3CCCC3)nc2)c1. The second-order valence-corrected chi connectivity index (χ2v) is 5.80. The van der Waals surface area contributed by atoms with E-state index in [4.69, 9.17) is 0 Å². The highest BCUT2D eigenvalue weighted by molar-refractivity contribution is 7.09. The number of nitrogens with zero attached hydrogens (tertiary/aromatic N) is 3. The van der Waals surface area contributed by atoms with E-state index < -0.39 is 0 Å². The van der Waals surface area contributed by atoms with E-state index >= 15 is 0 Å². The van der Waals surface area contributed by atoms with Crippen molar-refractivity contribution >= 4 is 17.3 Å². The summed E-state index contributed by atoms with van der Waals surface area (Å²) in [6, 6.07) is 4.22. The van der Waals surface area contributed by atoms with Crippen molar-refractivity contribution < 1.29 is 0 Å². The summed E-state index contributed by atoms with van der Waals surface area (Å²) in [4.78, 5) is 12.5. The highest BCUT2D eigenvalue weighted by atomic mass is 32.1. The van der Waals surface area contributed by atoms with E-state index in [1.54, 1.807) is 11.3 Å². The summed E-state index contributed by atoms with van der Waals surface area (Å²) in [5.74, 6) is 0.875. The zero-order valence-corrected chi connectivity index (χ0v) is 11.7. The van der Waals surface area contributed by atoms with Gasteiger partial charge in [-0.05, 0) is 24.3 Å².